The van der Waals surface area contributed by atoms with Gasteiger partial charge in [-0.2, -0.15) is 0 Å². The molecule has 0 aliphatic rings. The summed E-state index contributed by atoms with van der Waals surface area (Å²) < 4.78 is 17.1. The quantitative estimate of drug-likeness (QED) is 0.404. The number of anilines is 1. The van der Waals surface area contributed by atoms with Crippen molar-refractivity contribution in [2.75, 3.05) is 18.5 Å². The van der Waals surface area contributed by atoms with Crippen molar-refractivity contribution in [2.45, 2.75) is 40.2 Å². The van der Waals surface area contributed by atoms with Crippen LogP contribution in [0.3, 0.4) is 0 Å². The number of carbonyl (C=O) groups excluding carboxylic acids is 1. The molecule has 0 aliphatic heterocycles. The summed E-state index contributed by atoms with van der Waals surface area (Å²) in [6.45, 7) is 9.10. The Bertz CT molecular complexity index is 1030. The van der Waals surface area contributed by atoms with Crippen molar-refractivity contribution < 1.29 is 19.0 Å². The molecule has 0 bridgehead atoms. The highest BCUT2D eigenvalue weighted by atomic mass is 16.5. The van der Waals surface area contributed by atoms with Crippen molar-refractivity contribution in [3.63, 3.8) is 0 Å². The summed E-state index contributed by atoms with van der Waals surface area (Å²) in [6, 6.07) is 18.3. The van der Waals surface area contributed by atoms with Crippen LogP contribution in [0.2, 0.25) is 0 Å². The van der Waals surface area contributed by atoms with Crippen molar-refractivity contribution in [3.05, 3.63) is 77.6 Å². The number of pyridine rings is 1. The zero-order valence-corrected chi connectivity index (χ0v) is 19.1. The Morgan fingerprint density at radius 3 is 2.44 bits per heavy atom. The third kappa shape index (κ3) is 6.31. The van der Waals surface area contributed by atoms with Crippen molar-refractivity contribution >= 4 is 11.6 Å². The lowest BCUT2D eigenvalue weighted by molar-refractivity contribution is 0.0632. The van der Waals surface area contributed by atoms with E-state index in [0.29, 0.717) is 41.7 Å². The van der Waals surface area contributed by atoms with Gasteiger partial charge < -0.3 is 19.5 Å². The summed E-state index contributed by atoms with van der Waals surface area (Å²) in [5.74, 6) is 1.88. The average molecular weight is 435 g/mol. The molecule has 32 heavy (non-hydrogen) atoms. The van der Waals surface area contributed by atoms with Gasteiger partial charge in [-0.05, 0) is 75.7 Å². The summed E-state index contributed by atoms with van der Waals surface area (Å²) in [5, 5.41) is 2.92. The first-order valence-corrected chi connectivity index (χ1v) is 10.9. The van der Waals surface area contributed by atoms with Gasteiger partial charge >= 0.3 is 0 Å². The number of amides is 1. The molecule has 1 heterocycles. The molecule has 1 unspecified atom stereocenters. The molecule has 6 heteroatoms. The van der Waals surface area contributed by atoms with Gasteiger partial charge in [0.2, 0.25) is 0 Å². The zero-order chi connectivity index (χ0) is 22.9. The zero-order valence-electron chi connectivity index (χ0n) is 19.1. The fourth-order valence-corrected chi connectivity index (χ4v) is 3.17. The number of carbonyl (C=O) groups is 1. The van der Waals surface area contributed by atoms with Gasteiger partial charge in [-0.25, -0.2) is 0 Å². The molecule has 0 saturated heterocycles. The number of ether oxygens (including phenoxy) is 3. The lowest BCUT2D eigenvalue weighted by Crippen LogP contribution is -2.15. The summed E-state index contributed by atoms with van der Waals surface area (Å²) >= 11 is 0. The van der Waals surface area contributed by atoms with Gasteiger partial charge in [0.1, 0.15) is 17.2 Å². The molecular formula is C26H30N2O4. The van der Waals surface area contributed by atoms with Gasteiger partial charge in [0, 0.05) is 18.4 Å². The Balaban J connectivity index is 1.66. The largest absolute Gasteiger partial charge is 0.494 e. The fraction of sp³-hybridized carbons (Fsp3) is 0.308. The highest BCUT2D eigenvalue weighted by Gasteiger charge is 2.14. The SMILES string of the molecule is CCCOC(C)c1ccc(C(=O)Nc2cccc(Oc3ccc(OCC)cc3)c2)c(C)n1. The van der Waals surface area contributed by atoms with Gasteiger partial charge in [0.15, 0.2) is 0 Å². The second-order valence-electron chi connectivity index (χ2n) is 7.37. The van der Waals surface area contributed by atoms with E-state index in [-0.39, 0.29) is 12.0 Å². The molecule has 0 saturated carbocycles. The number of hydrogen-bond acceptors (Lipinski definition) is 5. The second kappa shape index (κ2) is 11.3. The van der Waals surface area contributed by atoms with Gasteiger partial charge in [-0.15, -0.1) is 0 Å². The number of aromatic nitrogens is 1. The van der Waals surface area contributed by atoms with Crippen LogP contribution in [0.1, 0.15) is 55.0 Å². The number of nitrogens with one attached hydrogen (secondary N) is 1. The summed E-state index contributed by atoms with van der Waals surface area (Å²) in [5.41, 5.74) is 2.64. The molecule has 6 nitrogen and oxygen atoms in total. The van der Waals surface area contributed by atoms with Crippen LogP contribution in [0, 0.1) is 6.92 Å². The Labute approximate surface area is 189 Å². The molecule has 3 aromatic rings. The Hall–Kier alpha value is -3.38. The molecule has 1 amide bonds. The van der Waals surface area contributed by atoms with E-state index >= 15 is 0 Å². The van der Waals surface area contributed by atoms with E-state index in [2.05, 4.69) is 17.2 Å². The normalized spacial score (nSPS) is 11.6. The fourth-order valence-electron chi connectivity index (χ4n) is 3.17. The highest BCUT2D eigenvalue weighted by molar-refractivity contribution is 6.05. The smallest absolute Gasteiger partial charge is 0.257 e. The molecule has 0 spiro atoms. The molecule has 0 aliphatic carbocycles. The van der Waals surface area contributed by atoms with Crippen LogP contribution in [-0.4, -0.2) is 24.1 Å². The summed E-state index contributed by atoms with van der Waals surface area (Å²) in [4.78, 5) is 17.4. The number of benzene rings is 2. The average Bonchev–Trinajstić information content (AvgIpc) is 2.79. The number of nitrogens with zero attached hydrogens (tertiary/aromatic N) is 1. The topological polar surface area (TPSA) is 69.7 Å². The van der Waals surface area contributed by atoms with Gasteiger partial charge in [0.05, 0.1) is 29.7 Å². The van der Waals surface area contributed by atoms with E-state index in [0.717, 1.165) is 17.9 Å². The molecule has 0 radical (unpaired) electrons. The van der Waals surface area contributed by atoms with Gasteiger partial charge in [-0.1, -0.05) is 13.0 Å². The lowest BCUT2D eigenvalue weighted by Gasteiger charge is -2.14. The van der Waals surface area contributed by atoms with Gasteiger partial charge in [0.25, 0.3) is 5.91 Å². The maximum atomic E-state index is 12.8. The second-order valence-corrected chi connectivity index (χ2v) is 7.37. The summed E-state index contributed by atoms with van der Waals surface area (Å²) in [6.07, 6.45) is 0.840. The molecule has 1 N–H and O–H groups in total. The van der Waals surface area contributed by atoms with Crippen LogP contribution in [0.25, 0.3) is 0 Å². The van der Waals surface area contributed by atoms with Crippen molar-refractivity contribution in [2.24, 2.45) is 0 Å². The minimum Gasteiger partial charge on any atom is -0.494 e. The first-order valence-electron chi connectivity index (χ1n) is 10.9. The molecule has 1 aromatic heterocycles. The number of hydrogen-bond donors (Lipinski definition) is 1. The van der Waals surface area contributed by atoms with E-state index in [9.17, 15) is 4.79 Å². The molecule has 168 valence electrons. The Morgan fingerprint density at radius 2 is 1.75 bits per heavy atom. The van der Waals surface area contributed by atoms with Gasteiger partial charge in [-0.3, -0.25) is 9.78 Å². The van der Waals surface area contributed by atoms with E-state index in [1.807, 2.05) is 69.3 Å². The predicted molar refractivity (Wildman–Crippen MR) is 126 cm³/mol. The highest BCUT2D eigenvalue weighted by Crippen LogP contribution is 2.26. The van der Waals surface area contributed by atoms with Crippen molar-refractivity contribution in [1.82, 2.24) is 4.98 Å². The van der Waals surface area contributed by atoms with Crippen LogP contribution in [0.15, 0.2) is 60.7 Å². The monoisotopic (exact) mass is 434 g/mol. The number of aryl methyl sites for hydroxylation is 1. The van der Waals surface area contributed by atoms with Crippen LogP contribution in [-0.2, 0) is 4.74 Å². The minimum absolute atomic E-state index is 0.109. The molecule has 2 aromatic carbocycles. The lowest BCUT2D eigenvalue weighted by atomic mass is 10.1. The standard InChI is InChI=1S/C26H30N2O4/c1-5-16-31-19(4)25-15-14-24(18(3)27-25)26(29)28-20-8-7-9-23(17-20)32-22-12-10-21(11-13-22)30-6-2/h7-15,17,19H,5-6,16H2,1-4H3,(H,28,29). The van der Waals surface area contributed by atoms with Crippen LogP contribution >= 0.6 is 0 Å². The predicted octanol–water partition coefficient (Wildman–Crippen LogP) is 6.32. The van der Waals surface area contributed by atoms with Crippen LogP contribution in [0.4, 0.5) is 5.69 Å². The van der Waals surface area contributed by atoms with Crippen LogP contribution in [0.5, 0.6) is 17.2 Å². The van der Waals surface area contributed by atoms with E-state index in [4.69, 9.17) is 14.2 Å². The first-order chi connectivity index (χ1) is 15.5. The van der Waals surface area contributed by atoms with Crippen molar-refractivity contribution in [1.29, 1.82) is 0 Å². The van der Waals surface area contributed by atoms with Crippen molar-refractivity contribution in [3.8, 4) is 17.2 Å². The molecule has 3 rings (SSSR count). The van der Waals surface area contributed by atoms with E-state index in [1.165, 1.54) is 0 Å². The third-order valence-electron chi connectivity index (χ3n) is 4.80. The van der Waals surface area contributed by atoms with Crippen LogP contribution < -0.4 is 14.8 Å². The molecular weight excluding hydrogens is 404 g/mol. The third-order valence-corrected chi connectivity index (χ3v) is 4.80. The first kappa shape index (κ1) is 23.3. The van der Waals surface area contributed by atoms with E-state index < -0.39 is 0 Å². The maximum absolute atomic E-state index is 12.8. The van der Waals surface area contributed by atoms with E-state index in [1.54, 1.807) is 12.1 Å². The number of rotatable bonds is 10. The maximum Gasteiger partial charge on any atom is 0.257 e. The Kier molecular flexibility index (Phi) is 8.22. The minimum atomic E-state index is -0.220. The summed E-state index contributed by atoms with van der Waals surface area (Å²) in [7, 11) is 0. The Morgan fingerprint density at radius 1 is 1.00 bits per heavy atom. The molecule has 1 atom stereocenters. The molecule has 0 fully saturated rings.